The van der Waals surface area contributed by atoms with Gasteiger partial charge in [-0.1, -0.05) is 56.7 Å². The maximum Gasteiger partial charge on any atom is 0.338 e. The van der Waals surface area contributed by atoms with Crippen molar-refractivity contribution in [1.29, 1.82) is 0 Å². The van der Waals surface area contributed by atoms with Gasteiger partial charge in [0.15, 0.2) is 6.54 Å². The predicted molar refractivity (Wildman–Crippen MR) is 155 cm³/mol. The first-order valence-electron chi connectivity index (χ1n) is 15.5. The van der Waals surface area contributed by atoms with E-state index in [1.54, 1.807) is 12.1 Å². The summed E-state index contributed by atoms with van der Waals surface area (Å²) in [6, 6.07) is 18.5. The fourth-order valence-electron chi connectivity index (χ4n) is 10.4. The molecule has 6 heteroatoms. The summed E-state index contributed by atoms with van der Waals surface area (Å²) in [5, 5.41) is 11.9. The van der Waals surface area contributed by atoms with Gasteiger partial charge in [-0.15, -0.1) is 0 Å². The van der Waals surface area contributed by atoms with Crippen LogP contribution in [-0.2, 0) is 9.47 Å². The van der Waals surface area contributed by atoms with Crippen LogP contribution in [0.25, 0.3) is 0 Å². The van der Waals surface area contributed by atoms with Crippen molar-refractivity contribution in [3.63, 3.8) is 0 Å². The van der Waals surface area contributed by atoms with Crippen molar-refractivity contribution in [1.82, 2.24) is 0 Å². The zero-order valence-electron chi connectivity index (χ0n) is 24.2. The van der Waals surface area contributed by atoms with Gasteiger partial charge in [-0.05, 0) is 80.0 Å². The number of aliphatic hydroxyl groups is 1. The minimum atomic E-state index is -0.473. The Hall–Kier alpha value is -2.99. The van der Waals surface area contributed by atoms with E-state index in [2.05, 4.69) is 24.6 Å². The fourth-order valence-corrected chi connectivity index (χ4v) is 10.4. The van der Waals surface area contributed by atoms with Crippen molar-refractivity contribution in [3.05, 3.63) is 71.8 Å². The van der Waals surface area contributed by atoms with E-state index in [1.807, 2.05) is 48.5 Å². The zero-order valence-corrected chi connectivity index (χ0v) is 24.2. The molecule has 41 heavy (non-hydrogen) atoms. The molecular weight excluding hydrogens is 514 g/mol. The van der Waals surface area contributed by atoms with E-state index in [-0.39, 0.29) is 40.7 Å². The smallest absolute Gasteiger partial charge is 0.338 e. The van der Waals surface area contributed by atoms with E-state index in [4.69, 9.17) is 9.47 Å². The molecule has 4 bridgehead atoms. The molecule has 5 aliphatic rings. The predicted octanol–water partition coefficient (Wildman–Crippen LogP) is 5.39. The lowest BCUT2D eigenvalue weighted by Crippen LogP contribution is -2.69. The highest BCUT2D eigenvalue weighted by Gasteiger charge is 2.76. The second-order valence-corrected chi connectivity index (χ2v) is 13.9. The number of nitrogens with zero attached hydrogens (tertiary/aromatic N) is 1. The Bertz CT molecular complexity index is 1360. The van der Waals surface area contributed by atoms with Gasteiger partial charge in [0.25, 0.3) is 0 Å². The molecule has 6 nitrogen and oxygen atoms in total. The molecule has 9 atom stereocenters. The number of ether oxygens (including phenoxy) is 2. The van der Waals surface area contributed by atoms with Crippen molar-refractivity contribution >= 4 is 18.2 Å². The van der Waals surface area contributed by atoms with Crippen LogP contribution in [0.1, 0.15) is 73.1 Å². The first-order valence-corrected chi connectivity index (χ1v) is 15.5. The van der Waals surface area contributed by atoms with Crippen molar-refractivity contribution < 1.29 is 28.7 Å². The lowest BCUT2D eigenvalue weighted by molar-refractivity contribution is -0.559. The lowest BCUT2D eigenvalue weighted by Gasteiger charge is -2.64. The van der Waals surface area contributed by atoms with Crippen LogP contribution >= 0.6 is 0 Å². The summed E-state index contributed by atoms with van der Waals surface area (Å²) in [7, 11) is 0. The average molecular weight is 557 g/mol. The largest absolute Gasteiger partial charge is 0.458 e. The SMILES string of the molecule is C[C@@H]1[C@@H]2C[C@H]3[C@]45C=[N+](CCOC(=O)c6ccccc6)C[C@](C)(CCC4)[C@H]5C[C@H](OC(=O)c4ccccc4)[C@]3(C2)[C@@H]1O. The van der Waals surface area contributed by atoms with E-state index in [1.165, 1.54) is 6.42 Å². The average Bonchev–Trinajstić information content (AvgIpc) is 3.50. The molecule has 216 valence electrons. The van der Waals surface area contributed by atoms with Gasteiger partial charge in [-0.25, -0.2) is 14.2 Å². The second-order valence-electron chi connectivity index (χ2n) is 13.9. The Morgan fingerprint density at radius 1 is 0.951 bits per heavy atom. The molecule has 0 amide bonds. The summed E-state index contributed by atoms with van der Waals surface area (Å²) in [4.78, 5) is 26.0. The summed E-state index contributed by atoms with van der Waals surface area (Å²) in [6.45, 7) is 6.52. The first kappa shape index (κ1) is 26.9. The summed E-state index contributed by atoms with van der Waals surface area (Å²) >= 11 is 0. The molecule has 2 aromatic rings. The molecule has 4 fully saturated rings. The topological polar surface area (TPSA) is 75.8 Å². The fraction of sp³-hybridized carbons (Fsp3) is 0.571. The quantitative estimate of drug-likeness (QED) is 0.382. The zero-order chi connectivity index (χ0) is 28.4. The molecule has 4 aliphatic carbocycles. The highest BCUT2D eigenvalue weighted by atomic mass is 16.5. The van der Waals surface area contributed by atoms with Gasteiger partial charge < -0.3 is 14.6 Å². The number of carbonyl (C=O) groups is 2. The molecular formula is C35H42NO5+. The molecule has 0 radical (unpaired) electrons. The normalized spacial score (nSPS) is 40.2. The van der Waals surface area contributed by atoms with Crippen molar-refractivity contribution in [2.75, 3.05) is 19.7 Å². The van der Waals surface area contributed by atoms with Crippen LogP contribution in [0.3, 0.4) is 0 Å². The van der Waals surface area contributed by atoms with Crippen LogP contribution < -0.4 is 0 Å². The summed E-state index contributed by atoms with van der Waals surface area (Å²) in [6.07, 6.45) is 7.97. The summed E-state index contributed by atoms with van der Waals surface area (Å²) < 4.78 is 14.6. The van der Waals surface area contributed by atoms with Crippen molar-refractivity contribution in [2.24, 2.45) is 39.9 Å². The number of esters is 2. The number of rotatable bonds is 6. The molecule has 7 rings (SSSR count). The molecule has 1 heterocycles. The van der Waals surface area contributed by atoms with Gasteiger partial charge in [-0.2, -0.15) is 0 Å². The number of benzene rings is 2. The van der Waals surface area contributed by atoms with Crippen LogP contribution in [0, 0.1) is 39.9 Å². The number of aliphatic hydroxyl groups excluding tert-OH is 1. The monoisotopic (exact) mass is 556 g/mol. The molecule has 1 spiro atoms. The third-order valence-electron chi connectivity index (χ3n) is 12.0. The second kappa shape index (κ2) is 9.79. The molecule has 0 saturated heterocycles. The van der Waals surface area contributed by atoms with Gasteiger partial charge in [-0.3, -0.25) is 0 Å². The molecule has 1 aliphatic heterocycles. The van der Waals surface area contributed by atoms with Gasteiger partial charge in [0, 0.05) is 10.8 Å². The standard InChI is InChI=1S/C35H42NO5/c1-23-26-18-28-34-15-9-14-33(2,21-36(22-34)16-17-40-31(38)24-10-5-3-6-11-24)27(34)19-29(35(28,20-26)30(23)37)41-32(39)25-12-7-4-8-13-25/h3-8,10-13,22-23,26-30,37H,9,14-21H2,1-2H3/q+1/t23-,26-,27-,28+,29+,30-,33+,34+,35-/m1/s1. The van der Waals surface area contributed by atoms with E-state index < -0.39 is 11.5 Å². The van der Waals surface area contributed by atoms with Gasteiger partial charge >= 0.3 is 11.9 Å². The maximum atomic E-state index is 13.4. The summed E-state index contributed by atoms with van der Waals surface area (Å²) in [5.74, 6) is 0.765. The van der Waals surface area contributed by atoms with Gasteiger partial charge in [0.05, 0.1) is 22.6 Å². The molecule has 1 N–H and O–H groups in total. The first-order chi connectivity index (χ1) is 19.8. The van der Waals surface area contributed by atoms with Crippen LogP contribution in [0.4, 0.5) is 0 Å². The van der Waals surface area contributed by atoms with E-state index in [9.17, 15) is 14.7 Å². The minimum absolute atomic E-state index is 0.0415. The lowest BCUT2D eigenvalue weighted by atomic mass is 9.40. The van der Waals surface area contributed by atoms with Crippen molar-refractivity contribution in [3.8, 4) is 0 Å². The Kier molecular flexibility index (Phi) is 6.42. The van der Waals surface area contributed by atoms with Crippen LogP contribution in [0.15, 0.2) is 60.7 Å². The number of hydrogen-bond acceptors (Lipinski definition) is 5. The maximum absolute atomic E-state index is 13.4. The summed E-state index contributed by atoms with van der Waals surface area (Å²) in [5.41, 5.74) is 0.762. The molecule has 0 unspecified atom stereocenters. The van der Waals surface area contributed by atoms with E-state index >= 15 is 0 Å². The van der Waals surface area contributed by atoms with Crippen LogP contribution in [0.2, 0.25) is 0 Å². The minimum Gasteiger partial charge on any atom is -0.458 e. The molecule has 2 aromatic carbocycles. The van der Waals surface area contributed by atoms with Crippen LogP contribution in [-0.4, -0.2) is 59.7 Å². The highest BCUT2D eigenvalue weighted by molar-refractivity contribution is 5.90. The Morgan fingerprint density at radius 3 is 2.32 bits per heavy atom. The Balaban J connectivity index is 1.20. The number of carbonyl (C=O) groups excluding carboxylic acids is 2. The Labute approximate surface area is 242 Å². The van der Waals surface area contributed by atoms with Crippen LogP contribution in [0.5, 0.6) is 0 Å². The van der Waals surface area contributed by atoms with Gasteiger partial charge in [0.1, 0.15) is 25.5 Å². The third kappa shape index (κ3) is 4.04. The number of fused-ring (bicyclic) bond motifs is 1. The number of hydrogen-bond donors (Lipinski definition) is 1. The van der Waals surface area contributed by atoms with Crippen molar-refractivity contribution in [2.45, 2.75) is 64.6 Å². The Morgan fingerprint density at radius 2 is 1.63 bits per heavy atom. The van der Waals surface area contributed by atoms with E-state index in [0.29, 0.717) is 36.1 Å². The molecule has 4 saturated carbocycles. The van der Waals surface area contributed by atoms with E-state index in [0.717, 1.165) is 38.6 Å². The third-order valence-corrected chi connectivity index (χ3v) is 12.0. The molecule has 0 aromatic heterocycles. The van der Waals surface area contributed by atoms with Gasteiger partial charge in [0.2, 0.25) is 0 Å². The highest BCUT2D eigenvalue weighted by Crippen LogP contribution is 2.75.